The van der Waals surface area contributed by atoms with E-state index in [2.05, 4.69) is 24.4 Å². The van der Waals surface area contributed by atoms with Gasteiger partial charge in [0.25, 0.3) is 0 Å². The number of aliphatic carboxylic acids is 1. The molecule has 0 spiro atoms. The molecule has 29 heavy (non-hydrogen) atoms. The van der Waals surface area contributed by atoms with Crippen LogP contribution in [-0.4, -0.2) is 17.0 Å². The zero-order valence-corrected chi connectivity index (χ0v) is 16.5. The molecule has 3 rings (SSSR count). The van der Waals surface area contributed by atoms with Crippen molar-refractivity contribution in [3.63, 3.8) is 0 Å². The molecule has 0 radical (unpaired) electrons. The Labute approximate surface area is 171 Å². The lowest BCUT2D eigenvalue weighted by Crippen LogP contribution is -2.31. The van der Waals surface area contributed by atoms with Gasteiger partial charge in [0.2, 0.25) is 5.91 Å². The van der Waals surface area contributed by atoms with Gasteiger partial charge in [0.1, 0.15) is 5.92 Å². The van der Waals surface area contributed by atoms with Crippen molar-refractivity contribution in [2.45, 2.75) is 26.2 Å². The Kier molecular flexibility index (Phi) is 6.80. The molecule has 0 aliphatic rings. The number of carbonyl (C=O) groups excluding carboxylic acids is 1. The number of carboxylic acids is 1. The van der Waals surface area contributed by atoms with Crippen LogP contribution in [0.3, 0.4) is 0 Å². The predicted molar refractivity (Wildman–Crippen MR) is 116 cm³/mol. The molecule has 2 N–H and O–H groups in total. The Morgan fingerprint density at radius 3 is 2.21 bits per heavy atom. The maximum Gasteiger partial charge on any atom is 0.316 e. The first-order valence-corrected chi connectivity index (χ1v) is 9.84. The summed E-state index contributed by atoms with van der Waals surface area (Å²) in [4.78, 5) is 24.2. The van der Waals surface area contributed by atoms with Crippen LogP contribution in [-0.2, 0) is 22.4 Å². The third-order valence-electron chi connectivity index (χ3n) is 4.90. The van der Waals surface area contributed by atoms with Gasteiger partial charge in [-0.25, -0.2) is 0 Å². The SMILES string of the molecule is CCCc1ccccc1-c1ccc(NC(=O)C(Cc2ccccc2)C(=O)O)cc1. The third kappa shape index (κ3) is 5.32. The van der Waals surface area contributed by atoms with Gasteiger partial charge < -0.3 is 10.4 Å². The Bertz CT molecular complexity index is 965. The highest BCUT2D eigenvalue weighted by molar-refractivity contribution is 6.04. The number of carbonyl (C=O) groups is 2. The van der Waals surface area contributed by atoms with Gasteiger partial charge in [-0.1, -0.05) is 80.1 Å². The molecule has 1 unspecified atom stereocenters. The molecule has 0 saturated heterocycles. The van der Waals surface area contributed by atoms with Gasteiger partial charge in [-0.15, -0.1) is 0 Å². The summed E-state index contributed by atoms with van der Waals surface area (Å²) < 4.78 is 0. The molecular formula is C25H25NO3. The molecule has 3 aromatic carbocycles. The fourth-order valence-corrected chi connectivity index (χ4v) is 3.39. The number of anilines is 1. The maximum atomic E-state index is 12.6. The normalized spacial score (nSPS) is 11.6. The topological polar surface area (TPSA) is 66.4 Å². The summed E-state index contributed by atoms with van der Waals surface area (Å²) in [5.41, 5.74) is 4.95. The molecule has 4 nitrogen and oxygen atoms in total. The lowest BCUT2D eigenvalue weighted by atomic mass is 9.96. The number of amides is 1. The lowest BCUT2D eigenvalue weighted by Gasteiger charge is -2.14. The van der Waals surface area contributed by atoms with Crippen molar-refractivity contribution in [1.82, 2.24) is 0 Å². The monoisotopic (exact) mass is 387 g/mol. The van der Waals surface area contributed by atoms with Crippen molar-refractivity contribution in [3.8, 4) is 11.1 Å². The summed E-state index contributed by atoms with van der Waals surface area (Å²) in [6, 6.07) is 25.0. The number of rotatable bonds is 8. The van der Waals surface area contributed by atoms with E-state index in [1.807, 2.05) is 66.7 Å². The van der Waals surface area contributed by atoms with E-state index >= 15 is 0 Å². The second kappa shape index (κ2) is 9.69. The van der Waals surface area contributed by atoms with Gasteiger partial charge in [-0.05, 0) is 47.2 Å². The molecular weight excluding hydrogens is 362 g/mol. The Balaban J connectivity index is 1.73. The van der Waals surface area contributed by atoms with Gasteiger partial charge in [0.15, 0.2) is 0 Å². The Hall–Kier alpha value is -3.40. The van der Waals surface area contributed by atoms with Crippen LogP contribution in [0.4, 0.5) is 5.69 Å². The van der Waals surface area contributed by atoms with Crippen molar-refractivity contribution in [2.24, 2.45) is 5.92 Å². The van der Waals surface area contributed by atoms with Gasteiger partial charge in [0.05, 0.1) is 0 Å². The van der Waals surface area contributed by atoms with Crippen LogP contribution in [0.15, 0.2) is 78.9 Å². The highest BCUT2D eigenvalue weighted by Gasteiger charge is 2.26. The van der Waals surface area contributed by atoms with Crippen LogP contribution in [0.2, 0.25) is 0 Å². The summed E-state index contributed by atoms with van der Waals surface area (Å²) in [5.74, 6) is -2.78. The predicted octanol–water partition coefficient (Wildman–Crippen LogP) is 5.19. The van der Waals surface area contributed by atoms with Crippen molar-refractivity contribution in [1.29, 1.82) is 0 Å². The molecule has 0 saturated carbocycles. The molecule has 4 heteroatoms. The molecule has 0 aliphatic heterocycles. The second-order valence-electron chi connectivity index (χ2n) is 7.05. The fourth-order valence-electron chi connectivity index (χ4n) is 3.39. The third-order valence-corrected chi connectivity index (χ3v) is 4.90. The summed E-state index contributed by atoms with van der Waals surface area (Å²) in [5, 5.41) is 12.2. The Morgan fingerprint density at radius 2 is 1.55 bits per heavy atom. The van der Waals surface area contributed by atoms with Crippen LogP contribution in [0.1, 0.15) is 24.5 Å². The molecule has 1 atom stereocenters. The summed E-state index contributed by atoms with van der Waals surface area (Å²) >= 11 is 0. The van der Waals surface area contributed by atoms with Gasteiger partial charge in [-0.3, -0.25) is 9.59 Å². The summed E-state index contributed by atoms with van der Waals surface area (Å²) in [6.07, 6.45) is 2.24. The number of hydrogen-bond donors (Lipinski definition) is 2. The molecule has 0 heterocycles. The van der Waals surface area contributed by atoms with Crippen LogP contribution in [0, 0.1) is 5.92 Å². The number of aryl methyl sites for hydroxylation is 1. The van der Waals surface area contributed by atoms with Crippen LogP contribution in [0.5, 0.6) is 0 Å². The van der Waals surface area contributed by atoms with E-state index in [0.717, 1.165) is 24.0 Å². The first-order chi connectivity index (χ1) is 14.1. The number of carboxylic acid groups (broad SMARTS) is 1. The minimum atomic E-state index is -1.14. The van der Waals surface area contributed by atoms with Gasteiger partial charge in [-0.2, -0.15) is 0 Å². The van der Waals surface area contributed by atoms with E-state index in [9.17, 15) is 14.7 Å². The van der Waals surface area contributed by atoms with E-state index in [4.69, 9.17) is 0 Å². The van der Waals surface area contributed by atoms with E-state index in [1.54, 1.807) is 0 Å². The molecule has 148 valence electrons. The molecule has 3 aromatic rings. The van der Waals surface area contributed by atoms with Gasteiger partial charge >= 0.3 is 5.97 Å². The van der Waals surface area contributed by atoms with Crippen molar-refractivity contribution in [2.75, 3.05) is 5.32 Å². The zero-order valence-electron chi connectivity index (χ0n) is 16.5. The molecule has 1 amide bonds. The van der Waals surface area contributed by atoms with Crippen molar-refractivity contribution >= 4 is 17.6 Å². The summed E-state index contributed by atoms with van der Waals surface area (Å²) in [7, 11) is 0. The second-order valence-corrected chi connectivity index (χ2v) is 7.05. The number of benzene rings is 3. The summed E-state index contributed by atoms with van der Waals surface area (Å²) in [6.45, 7) is 2.16. The zero-order chi connectivity index (χ0) is 20.6. The standard InChI is InChI=1S/C25H25NO3/c1-2-8-19-11-6-7-12-22(19)20-13-15-21(16-14-20)26-24(27)23(25(28)29)17-18-9-4-3-5-10-18/h3-7,9-16,23H,2,8,17H2,1H3,(H,26,27)(H,28,29). The number of nitrogens with one attached hydrogen (secondary N) is 1. The smallest absolute Gasteiger partial charge is 0.316 e. The Morgan fingerprint density at radius 1 is 0.897 bits per heavy atom. The average molecular weight is 387 g/mol. The van der Waals surface area contributed by atoms with E-state index < -0.39 is 17.8 Å². The molecule has 0 aromatic heterocycles. The largest absolute Gasteiger partial charge is 0.481 e. The van der Waals surface area contributed by atoms with E-state index in [1.165, 1.54) is 11.1 Å². The highest BCUT2D eigenvalue weighted by atomic mass is 16.4. The van der Waals surface area contributed by atoms with Crippen LogP contribution >= 0.6 is 0 Å². The van der Waals surface area contributed by atoms with Crippen LogP contribution in [0.25, 0.3) is 11.1 Å². The molecule has 0 bridgehead atoms. The van der Waals surface area contributed by atoms with E-state index in [-0.39, 0.29) is 6.42 Å². The van der Waals surface area contributed by atoms with Gasteiger partial charge in [0, 0.05) is 5.69 Å². The quantitative estimate of drug-likeness (QED) is 0.523. The fraction of sp³-hybridized carbons (Fsp3) is 0.200. The highest BCUT2D eigenvalue weighted by Crippen LogP contribution is 2.26. The van der Waals surface area contributed by atoms with Crippen molar-refractivity contribution in [3.05, 3.63) is 90.0 Å². The lowest BCUT2D eigenvalue weighted by molar-refractivity contribution is -0.145. The first-order valence-electron chi connectivity index (χ1n) is 9.84. The van der Waals surface area contributed by atoms with Crippen LogP contribution < -0.4 is 5.32 Å². The molecule has 0 fully saturated rings. The molecule has 0 aliphatic carbocycles. The van der Waals surface area contributed by atoms with Crippen molar-refractivity contribution < 1.29 is 14.7 Å². The number of hydrogen-bond acceptors (Lipinski definition) is 2. The van der Waals surface area contributed by atoms with E-state index in [0.29, 0.717) is 5.69 Å². The first kappa shape index (κ1) is 20.3. The average Bonchev–Trinajstić information content (AvgIpc) is 2.74. The maximum absolute atomic E-state index is 12.6. The minimum absolute atomic E-state index is 0.157. The minimum Gasteiger partial charge on any atom is -0.481 e.